The zero-order chi connectivity index (χ0) is 16.2. The molecule has 6 heteroatoms. The third-order valence-corrected chi connectivity index (χ3v) is 3.20. The Balaban J connectivity index is 2.33. The number of benzene rings is 1. The van der Waals surface area contributed by atoms with Crippen molar-refractivity contribution in [3.05, 3.63) is 46.5 Å². The van der Waals surface area contributed by atoms with Gasteiger partial charge >= 0.3 is 12.4 Å². The fourth-order valence-electron chi connectivity index (χ4n) is 2.06. The fourth-order valence-corrected chi connectivity index (χ4v) is 2.06. The first-order valence-electron chi connectivity index (χ1n) is 7.14. The Labute approximate surface area is 129 Å². The number of rotatable bonds is 10. The number of hydrogen-bond donors (Lipinski definition) is 0. The standard InChI is InChI=1S/C16H18N4O2/c17-19-11-15(21)5-1-3-13-7-9-14(10-8-13)4-2-6-16(22)12-20-18/h7-12H,1-6H2. The van der Waals surface area contributed by atoms with E-state index in [1.807, 2.05) is 24.3 Å². The molecule has 0 aliphatic heterocycles. The van der Waals surface area contributed by atoms with Crippen LogP contribution in [0.25, 0.3) is 11.1 Å². The van der Waals surface area contributed by atoms with E-state index in [9.17, 15) is 9.59 Å². The van der Waals surface area contributed by atoms with Gasteiger partial charge in [-0.2, -0.15) is 9.58 Å². The molecule has 0 spiro atoms. The second-order valence-electron chi connectivity index (χ2n) is 4.95. The maximum absolute atomic E-state index is 11.1. The van der Waals surface area contributed by atoms with Crippen LogP contribution in [-0.4, -0.2) is 33.6 Å². The van der Waals surface area contributed by atoms with E-state index in [1.54, 1.807) is 0 Å². The Morgan fingerprint density at radius 2 is 1.18 bits per heavy atom. The van der Waals surface area contributed by atoms with Gasteiger partial charge in [0, 0.05) is 12.8 Å². The molecule has 114 valence electrons. The largest absolute Gasteiger partial charge is 0.361 e. The molecule has 0 aliphatic rings. The minimum absolute atomic E-state index is 0.185. The van der Waals surface area contributed by atoms with Gasteiger partial charge in [-0.25, -0.2) is 0 Å². The first-order valence-corrected chi connectivity index (χ1v) is 7.14. The van der Waals surface area contributed by atoms with Gasteiger partial charge in [0.15, 0.2) is 0 Å². The molecule has 0 saturated carbocycles. The summed E-state index contributed by atoms with van der Waals surface area (Å²) in [5.41, 5.74) is 18.7. The summed E-state index contributed by atoms with van der Waals surface area (Å²) in [5.74, 6) is -0.370. The van der Waals surface area contributed by atoms with Crippen LogP contribution in [0.1, 0.15) is 36.8 Å². The van der Waals surface area contributed by atoms with Crippen molar-refractivity contribution >= 4 is 24.0 Å². The number of nitrogens with zero attached hydrogens (tertiary/aromatic N) is 4. The maximum atomic E-state index is 11.1. The zero-order valence-electron chi connectivity index (χ0n) is 12.3. The van der Waals surface area contributed by atoms with E-state index in [0.29, 0.717) is 25.7 Å². The SMILES string of the molecule is [N-]=[N+]=CC(=O)CCCc1ccc(CCCC(=O)C=[N+]=[N-])cc1. The van der Waals surface area contributed by atoms with Crippen molar-refractivity contribution in [2.75, 3.05) is 0 Å². The van der Waals surface area contributed by atoms with Crippen LogP contribution in [0, 0.1) is 0 Å². The van der Waals surface area contributed by atoms with Gasteiger partial charge in [0.05, 0.1) is 0 Å². The number of hydrogen-bond acceptors (Lipinski definition) is 2. The lowest BCUT2D eigenvalue weighted by Crippen LogP contribution is -2.01. The molecule has 0 fully saturated rings. The van der Waals surface area contributed by atoms with Crippen molar-refractivity contribution in [1.29, 1.82) is 0 Å². The Bertz CT molecular complexity index is 555. The second kappa shape index (κ2) is 10.1. The van der Waals surface area contributed by atoms with Gasteiger partial charge in [0.25, 0.3) is 0 Å². The Kier molecular flexibility index (Phi) is 7.98. The third kappa shape index (κ3) is 7.20. The minimum atomic E-state index is -0.185. The van der Waals surface area contributed by atoms with Crippen molar-refractivity contribution in [2.45, 2.75) is 38.5 Å². The van der Waals surface area contributed by atoms with Gasteiger partial charge in [0.1, 0.15) is 0 Å². The van der Waals surface area contributed by atoms with Crippen molar-refractivity contribution in [2.24, 2.45) is 0 Å². The second-order valence-corrected chi connectivity index (χ2v) is 4.95. The highest BCUT2D eigenvalue weighted by Crippen LogP contribution is 2.10. The molecule has 0 atom stereocenters. The third-order valence-electron chi connectivity index (χ3n) is 3.20. The summed E-state index contributed by atoms with van der Waals surface area (Å²) in [5, 5.41) is 0. The molecule has 1 aromatic rings. The van der Waals surface area contributed by atoms with Gasteiger partial charge in [-0.1, -0.05) is 24.3 Å². The van der Waals surface area contributed by atoms with E-state index in [-0.39, 0.29) is 11.6 Å². The van der Waals surface area contributed by atoms with Crippen LogP contribution in [0.15, 0.2) is 24.3 Å². The van der Waals surface area contributed by atoms with Gasteiger partial charge < -0.3 is 11.1 Å². The van der Waals surface area contributed by atoms with E-state index in [4.69, 9.17) is 11.1 Å². The van der Waals surface area contributed by atoms with Crippen LogP contribution in [0.5, 0.6) is 0 Å². The summed E-state index contributed by atoms with van der Waals surface area (Å²) < 4.78 is 0. The number of aryl methyl sites for hydroxylation is 2. The Morgan fingerprint density at radius 1 is 0.818 bits per heavy atom. The van der Waals surface area contributed by atoms with Gasteiger partial charge in [0.2, 0.25) is 11.6 Å². The molecule has 6 nitrogen and oxygen atoms in total. The normalized spacial score (nSPS) is 9.45. The van der Waals surface area contributed by atoms with E-state index < -0.39 is 0 Å². The predicted octanol–water partition coefficient (Wildman–Crippen LogP) is 2.07. The Morgan fingerprint density at radius 3 is 1.50 bits per heavy atom. The molecule has 0 unspecified atom stereocenters. The monoisotopic (exact) mass is 298 g/mol. The van der Waals surface area contributed by atoms with Crippen molar-refractivity contribution in [1.82, 2.24) is 0 Å². The minimum Gasteiger partial charge on any atom is -0.361 e. The van der Waals surface area contributed by atoms with Gasteiger partial charge in [-0.15, -0.1) is 0 Å². The van der Waals surface area contributed by atoms with E-state index in [1.165, 1.54) is 0 Å². The van der Waals surface area contributed by atoms with Gasteiger partial charge in [-0.3, -0.25) is 9.59 Å². The molecule has 0 radical (unpaired) electrons. The smallest absolute Gasteiger partial charge is 0.323 e. The first kappa shape index (κ1) is 17.4. The van der Waals surface area contributed by atoms with E-state index >= 15 is 0 Å². The molecule has 0 aromatic heterocycles. The molecule has 0 bridgehead atoms. The molecule has 0 saturated heterocycles. The average molecular weight is 298 g/mol. The summed E-state index contributed by atoms with van der Waals surface area (Å²) >= 11 is 0. The molecular formula is C16H18N4O2. The van der Waals surface area contributed by atoms with E-state index in [0.717, 1.165) is 36.4 Å². The quantitative estimate of drug-likeness (QED) is 0.374. The first-order chi connectivity index (χ1) is 10.7. The molecule has 0 aliphatic carbocycles. The molecule has 0 heterocycles. The Hall–Kier alpha value is -2.68. The maximum Gasteiger partial charge on any atom is 0.323 e. The van der Waals surface area contributed by atoms with Crippen molar-refractivity contribution in [3.8, 4) is 0 Å². The van der Waals surface area contributed by atoms with Crippen LogP contribution in [-0.2, 0) is 22.4 Å². The lowest BCUT2D eigenvalue weighted by Gasteiger charge is -2.03. The van der Waals surface area contributed by atoms with Crippen molar-refractivity contribution in [3.63, 3.8) is 0 Å². The highest BCUT2D eigenvalue weighted by molar-refractivity contribution is 6.25. The molecule has 1 rings (SSSR count). The highest BCUT2D eigenvalue weighted by atomic mass is 16.1. The summed E-state index contributed by atoms with van der Waals surface area (Å²) in [7, 11) is 0. The summed E-state index contributed by atoms with van der Waals surface area (Å²) in [6.07, 6.45) is 5.56. The molecule has 0 amide bonds. The van der Waals surface area contributed by atoms with Crippen molar-refractivity contribution < 1.29 is 19.2 Å². The lowest BCUT2D eigenvalue weighted by atomic mass is 10.0. The lowest BCUT2D eigenvalue weighted by molar-refractivity contribution is -0.116. The van der Waals surface area contributed by atoms with Crippen LogP contribution < -0.4 is 0 Å². The number of carbonyl (C=O) groups excluding carboxylic acids is 2. The zero-order valence-corrected chi connectivity index (χ0v) is 12.3. The van der Waals surface area contributed by atoms with Crippen LogP contribution in [0.3, 0.4) is 0 Å². The summed E-state index contributed by atoms with van der Waals surface area (Å²) in [6.45, 7) is 0. The molecular weight excluding hydrogens is 280 g/mol. The van der Waals surface area contributed by atoms with Gasteiger partial charge in [-0.05, 0) is 36.8 Å². The number of carbonyl (C=O) groups is 2. The summed E-state index contributed by atoms with van der Waals surface area (Å²) in [6, 6.07) is 8.04. The number of Topliss-reactive ketones (excluding diaryl/α,β-unsaturated/α-hetero) is 2. The van der Waals surface area contributed by atoms with Crippen LogP contribution >= 0.6 is 0 Å². The number of ketones is 2. The molecule has 22 heavy (non-hydrogen) atoms. The van der Waals surface area contributed by atoms with E-state index in [2.05, 4.69) is 9.58 Å². The molecule has 0 N–H and O–H groups in total. The van der Waals surface area contributed by atoms with Crippen LogP contribution in [0.2, 0.25) is 0 Å². The highest BCUT2D eigenvalue weighted by Gasteiger charge is 2.04. The topological polar surface area (TPSA) is 107 Å². The van der Waals surface area contributed by atoms with Crippen LogP contribution in [0.4, 0.5) is 0 Å². The average Bonchev–Trinajstić information content (AvgIpc) is 2.49. The predicted molar refractivity (Wildman–Crippen MR) is 81.7 cm³/mol. The summed E-state index contributed by atoms with van der Waals surface area (Å²) in [4.78, 5) is 27.7. The molecule has 1 aromatic carbocycles. The fraction of sp³-hybridized carbons (Fsp3) is 0.375.